The van der Waals surface area contributed by atoms with Crippen LogP contribution in [-0.4, -0.2) is 18.3 Å². The third-order valence-electron chi connectivity index (χ3n) is 4.63. The van der Waals surface area contributed by atoms with Gasteiger partial charge in [-0.1, -0.05) is 30.3 Å². The number of ether oxygens (including phenoxy) is 2. The quantitative estimate of drug-likeness (QED) is 0.280. The van der Waals surface area contributed by atoms with E-state index < -0.39 is 0 Å². The number of aromatic nitrogens is 1. The summed E-state index contributed by atoms with van der Waals surface area (Å²) in [7, 11) is 1.63. The van der Waals surface area contributed by atoms with Gasteiger partial charge in [-0.05, 0) is 48.0 Å². The van der Waals surface area contributed by atoms with E-state index in [0.29, 0.717) is 17.9 Å². The molecule has 0 saturated heterocycles. The van der Waals surface area contributed by atoms with E-state index in [1.54, 1.807) is 37.6 Å². The predicted octanol–water partition coefficient (Wildman–Crippen LogP) is 5.72. The molecule has 0 aliphatic heterocycles. The predicted molar refractivity (Wildman–Crippen MR) is 127 cm³/mol. The highest BCUT2D eigenvalue weighted by molar-refractivity contribution is 7.14. The van der Waals surface area contributed by atoms with E-state index in [0.717, 1.165) is 33.3 Å². The van der Waals surface area contributed by atoms with Crippen molar-refractivity contribution in [1.29, 1.82) is 5.26 Å². The summed E-state index contributed by atoms with van der Waals surface area (Å²) in [5.41, 5.74) is 7.36. The summed E-state index contributed by atoms with van der Waals surface area (Å²) < 4.78 is 11.3. The monoisotopic (exact) mass is 440 g/mol. The number of hydrogen-bond donors (Lipinski definition) is 1. The molecule has 0 bridgehead atoms. The number of rotatable bonds is 8. The van der Waals surface area contributed by atoms with Crippen molar-refractivity contribution in [2.75, 3.05) is 12.5 Å². The number of methoxy groups -OCH3 is 1. The molecular weight excluding hydrogens is 420 g/mol. The van der Waals surface area contributed by atoms with Crippen LogP contribution in [0.1, 0.15) is 16.7 Å². The lowest BCUT2D eigenvalue weighted by atomic mass is 10.1. The first-order chi connectivity index (χ1) is 15.7. The largest absolute Gasteiger partial charge is 0.496 e. The maximum atomic E-state index is 8.90. The Morgan fingerprint density at radius 2 is 1.91 bits per heavy atom. The normalized spacial score (nSPS) is 10.6. The van der Waals surface area contributed by atoms with Crippen LogP contribution in [0.25, 0.3) is 11.3 Å². The summed E-state index contributed by atoms with van der Waals surface area (Å²) in [6.07, 6.45) is 1.73. The molecule has 1 aromatic heterocycles. The van der Waals surface area contributed by atoms with E-state index in [-0.39, 0.29) is 0 Å². The minimum absolute atomic E-state index is 0.330. The molecule has 0 spiro atoms. The molecule has 1 N–H and O–H groups in total. The van der Waals surface area contributed by atoms with Gasteiger partial charge in [-0.15, -0.1) is 11.3 Å². The van der Waals surface area contributed by atoms with Crippen molar-refractivity contribution >= 4 is 22.7 Å². The molecule has 4 rings (SSSR count). The first kappa shape index (κ1) is 21.1. The molecular formula is C25H20N4O2S. The molecule has 0 fully saturated rings. The minimum Gasteiger partial charge on any atom is -0.496 e. The van der Waals surface area contributed by atoms with Gasteiger partial charge in [-0.3, -0.25) is 5.43 Å². The SMILES string of the molecule is COc1ccc(C=NNc2nc(-c3ccccc3)cs2)cc1COc1ccc(C#N)cc1. The van der Waals surface area contributed by atoms with Crippen LogP contribution in [0.5, 0.6) is 11.5 Å². The van der Waals surface area contributed by atoms with Crippen molar-refractivity contribution in [2.24, 2.45) is 5.10 Å². The van der Waals surface area contributed by atoms with Gasteiger partial charge < -0.3 is 9.47 Å². The Balaban J connectivity index is 1.41. The highest BCUT2D eigenvalue weighted by atomic mass is 32.1. The number of hydrazone groups is 1. The standard InChI is InChI=1S/C25H20N4O2S/c1-30-24-12-9-19(13-21(24)16-31-22-10-7-18(14-26)8-11-22)15-27-29-25-28-23(17-32-25)20-5-3-2-4-6-20/h2-13,15,17H,16H2,1H3,(H,28,29). The number of nitriles is 1. The van der Waals surface area contributed by atoms with E-state index in [9.17, 15) is 0 Å². The Morgan fingerprint density at radius 1 is 1.09 bits per heavy atom. The van der Waals surface area contributed by atoms with Crippen LogP contribution in [0.4, 0.5) is 5.13 Å². The molecule has 0 radical (unpaired) electrons. The Bertz CT molecular complexity index is 1250. The van der Waals surface area contributed by atoms with Gasteiger partial charge in [0, 0.05) is 16.5 Å². The first-order valence-electron chi connectivity index (χ1n) is 9.85. The summed E-state index contributed by atoms with van der Waals surface area (Å²) in [5.74, 6) is 1.42. The van der Waals surface area contributed by atoms with E-state index in [2.05, 4.69) is 21.6 Å². The third-order valence-corrected chi connectivity index (χ3v) is 5.38. The van der Waals surface area contributed by atoms with Crippen molar-refractivity contribution in [3.8, 4) is 28.8 Å². The number of anilines is 1. The van der Waals surface area contributed by atoms with Crippen LogP contribution >= 0.6 is 11.3 Å². The van der Waals surface area contributed by atoms with Gasteiger partial charge >= 0.3 is 0 Å². The fourth-order valence-electron chi connectivity index (χ4n) is 3.01. The second-order valence-electron chi connectivity index (χ2n) is 6.77. The molecule has 4 aromatic rings. The summed E-state index contributed by atoms with van der Waals surface area (Å²) in [6.45, 7) is 0.330. The van der Waals surface area contributed by atoms with Gasteiger partial charge in [0.25, 0.3) is 0 Å². The molecule has 0 atom stereocenters. The summed E-state index contributed by atoms with van der Waals surface area (Å²) in [4.78, 5) is 4.57. The van der Waals surface area contributed by atoms with E-state index in [4.69, 9.17) is 14.7 Å². The average molecular weight is 441 g/mol. The molecule has 0 saturated carbocycles. The van der Waals surface area contributed by atoms with Crippen molar-refractivity contribution in [3.05, 3.63) is 94.9 Å². The zero-order chi connectivity index (χ0) is 22.2. The molecule has 3 aromatic carbocycles. The highest BCUT2D eigenvalue weighted by Crippen LogP contribution is 2.25. The maximum Gasteiger partial charge on any atom is 0.203 e. The topological polar surface area (TPSA) is 79.5 Å². The van der Waals surface area contributed by atoms with E-state index in [1.807, 2.05) is 53.9 Å². The number of benzene rings is 3. The van der Waals surface area contributed by atoms with Crippen molar-refractivity contribution < 1.29 is 9.47 Å². The Kier molecular flexibility index (Phi) is 6.75. The molecule has 158 valence electrons. The molecule has 0 unspecified atom stereocenters. The van der Waals surface area contributed by atoms with Crippen LogP contribution < -0.4 is 14.9 Å². The van der Waals surface area contributed by atoms with E-state index >= 15 is 0 Å². The third kappa shape index (κ3) is 5.31. The minimum atomic E-state index is 0.330. The summed E-state index contributed by atoms with van der Waals surface area (Å²) in [5, 5.41) is 15.9. The van der Waals surface area contributed by atoms with Gasteiger partial charge in [-0.25, -0.2) is 4.98 Å². The van der Waals surface area contributed by atoms with Crippen LogP contribution in [-0.2, 0) is 6.61 Å². The van der Waals surface area contributed by atoms with Crippen molar-refractivity contribution in [2.45, 2.75) is 6.61 Å². The Hall–Kier alpha value is -4.15. The maximum absolute atomic E-state index is 8.90. The number of nitrogens with zero attached hydrogens (tertiary/aromatic N) is 3. The lowest BCUT2D eigenvalue weighted by molar-refractivity contribution is 0.296. The smallest absolute Gasteiger partial charge is 0.203 e. The zero-order valence-electron chi connectivity index (χ0n) is 17.4. The zero-order valence-corrected chi connectivity index (χ0v) is 18.2. The molecule has 32 heavy (non-hydrogen) atoms. The first-order valence-corrected chi connectivity index (χ1v) is 10.7. The average Bonchev–Trinajstić information content (AvgIpc) is 3.33. The lowest BCUT2D eigenvalue weighted by Gasteiger charge is -2.11. The van der Waals surface area contributed by atoms with Crippen LogP contribution in [0.15, 0.2) is 83.3 Å². The molecule has 0 aliphatic rings. The van der Waals surface area contributed by atoms with Gasteiger partial charge in [0.15, 0.2) is 0 Å². The molecule has 7 heteroatoms. The number of nitrogens with one attached hydrogen (secondary N) is 1. The van der Waals surface area contributed by atoms with Gasteiger partial charge in [-0.2, -0.15) is 10.4 Å². The highest BCUT2D eigenvalue weighted by Gasteiger charge is 2.06. The fourth-order valence-corrected chi connectivity index (χ4v) is 3.68. The van der Waals surface area contributed by atoms with Crippen LogP contribution in [0.3, 0.4) is 0 Å². The van der Waals surface area contributed by atoms with Gasteiger partial charge in [0.2, 0.25) is 5.13 Å². The molecule has 0 amide bonds. The van der Waals surface area contributed by atoms with Gasteiger partial charge in [0.05, 0.1) is 30.7 Å². The van der Waals surface area contributed by atoms with Crippen molar-refractivity contribution in [1.82, 2.24) is 4.98 Å². The number of hydrogen-bond acceptors (Lipinski definition) is 7. The number of thiazole rings is 1. The fraction of sp³-hybridized carbons (Fsp3) is 0.0800. The Morgan fingerprint density at radius 3 is 2.66 bits per heavy atom. The molecule has 1 heterocycles. The molecule has 0 aliphatic carbocycles. The van der Waals surface area contributed by atoms with Crippen LogP contribution in [0.2, 0.25) is 0 Å². The van der Waals surface area contributed by atoms with E-state index in [1.165, 1.54) is 11.3 Å². The summed E-state index contributed by atoms with van der Waals surface area (Å²) in [6, 6.07) is 24.9. The second-order valence-corrected chi connectivity index (χ2v) is 7.63. The summed E-state index contributed by atoms with van der Waals surface area (Å²) >= 11 is 1.50. The van der Waals surface area contributed by atoms with Crippen LogP contribution in [0, 0.1) is 11.3 Å². The second kappa shape index (κ2) is 10.2. The van der Waals surface area contributed by atoms with Gasteiger partial charge in [0.1, 0.15) is 18.1 Å². The van der Waals surface area contributed by atoms with Crippen molar-refractivity contribution in [3.63, 3.8) is 0 Å². The lowest BCUT2D eigenvalue weighted by Crippen LogP contribution is -2.00. The Labute approximate surface area is 190 Å². The molecule has 6 nitrogen and oxygen atoms in total.